The van der Waals surface area contributed by atoms with E-state index in [0.717, 1.165) is 12.8 Å². The summed E-state index contributed by atoms with van der Waals surface area (Å²) in [6.07, 6.45) is 34.3. The Hall–Kier alpha value is -3.64. The molecule has 0 radical (unpaired) electrons. The van der Waals surface area contributed by atoms with Gasteiger partial charge < -0.3 is 0 Å². The fraction of sp³-hybridized carbons (Fsp3) is 0.200. The molecule has 0 heterocycles. The monoisotopic (exact) mass is 452 g/mol. The summed E-state index contributed by atoms with van der Waals surface area (Å²) >= 11 is 0. The Labute approximate surface area is 209 Å². The van der Waals surface area contributed by atoms with Crippen molar-refractivity contribution in [2.24, 2.45) is 11.8 Å². The number of hydrogen-bond acceptors (Lipinski definition) is 0. The van der Waals surface area contributed by atoms with E-state index in [-0.39, 0.29) is 0 Å². The van der Waals surface area contributed by atoms with Crippen molar-refractivity contribution < 1.29 is 0 Å². The first-order chi connectivity index (χ1) is 17.3. The molecule has 0 bridgehead atoms. The van der Waals surface area contributed by atoms with Crippen molar-refractivity contribution >= 4 is 34.1 Å². The molecule has 0 aromatic heterocycles. The Bertz CT molecular complexity index is 1460. The molecule has 0 heteroatoms. The lowest BCUT2D eigenvalue weighted by atomic mass is 9.75. The Morgan fingerprint density at radius 2 is 1.77 bits per heavy atom. The Morgan fingerprint density at radius 1 is 0.914 bits per heavy atom. The van der Waals surface area contributed by atoms with Gasteiger partial charge in [0.2, 0.25) is 0 Å². The van der Waals surface area contributed by atoms with E-state index in [4.69, 9.17) is 0 Å². The number of rotatable bonds is 4. The van der Waals surface area contributed by atoms with E-state index in [9.17, 15) is 0 Å². The van der Waals surface area contributed by atoms with Gasteiger partial charge in [0.05, 0.1) is 0 Å². The van der Waals surface area contributed by atoms with Gasteiger partial charge in [-0.1, -0.05) is 110 Å². The number of hydrogen-bond donors (Lipinski definition) is 0. The van der Waals surface area contributed by atoms with Crippen LogP contribution < -0.4 is 0 Å². The maximum Gasteiger partial charge on any atom is 0.00561 e. The predicted octanol–water partition coefficient (Wildman–Crippen LogP) is 9.65. The highest BCUT2D eigenvalue weighted by Gasteiger charge is 2.26. The van der Waals surface area contributed by atoms with Crippen LogP contribution in [0.2, 0.25) is 0 Å². The van der Waals surface area contributed by atoms with Crippen molar-refractivity contribution in [2.75, 3.05) is 0 Å². The van der Waals surface area contributed by atoms with E-state index in [2.05, 4.69) is 117 Å². The maximum atomic E-state index is 4.32. The molecule has 2 aromatic carbocycles. The second kappa shape index (κ2) is 9.19. The molecule has 2 unspecified atom stereocenters. The van der Waals surface area contributed by atoms with Gasteiger partial charge in [0, 0.05) is 5.92 Å². The highest BCUT2D eigenvalue weighted by Crippen LogP contribution is 2.45. The highest BCUT2D eigenvalue weighted by atomic mass is 14.3. The molecule has 0 aliphatic heterocycles. The zero-order valence-electron chi connectivity index (χ0n) is 20.5. The second-order valence-corrected chi connectivity index (χ2v) is 9.96. The average molecular weight is 453 g/mol. The van der Waals surface area contributed by atoms with Crippen LogP contribution in [0.1, 0.15) is 54.9 Å². The van der Waals surface area contributed by atoms with Gasteiger partial charge in [-0.05, 0) is 93.8 Å². The van der Waals surface area contributed by atoms with Crippen LogP contribution in [0.25, 0.3) is 34.1 Å². The van der Waals surface area contributed by atoms with Crippen molar-refractivity contribution in [1.29, 1.82) is 0 Å². The lowest BCUT2D eigenvalue weighted by Gasteiger charge is -2.29. The standard InChI is InChI=1S/C35H32/c1-3-11-31-30(4-2)34(28-20-18-24-12-5-7-14-26(24)22-28)32-16-9-10-17-33(32)35(31)29-21-19-25-13-6-8-15-27(25)23-29/h3-7,9-11,13-14,16-22,24,27H,2,8,12,15,23H2,1H3. The van der Waals surface area contributed by atoms with Gasteiger partial charge in [0.25, 0.3) is 0 Å². The third-order valence-electron chi connectivity index (χ3n) is 7.92. The minimum absolute atomic E-state index is 0.495. The fourth-order valence-corrected chi connectivity index (χ4v) is 6.25. The van der Waals surface area contributed by atoms with Crippen LogP contribution in [0.15, 0.2) is 109 Å². The van der Waals surface area contributed by atoms with Crippen molar-refractivity contribution in [1.82, 2.24) is 0 Å². The molecule has 0 saturated carbocycles. The van der Waals surface area contributed by atoms with Crippen LogP contribution in [0.5, 0.6) is 0 Å². The maximum absolute atomic E-state index is 4.32. The molecule has 35 heavy (non-hydrogen) atoms. The van der Waals surface area contributed by atoms with Gasteiger partial charge in [-0.25, -0.2) is 0 Å². The number of fused-ring (bicyclic) bond motifs is 3. The van der Waals surface area contributed by atoms with Crippen LogP contribution in [0.3, 0.4) is 0 Å². The van der Waals surface area contributed by atoms with E-state index in [1.165, 1.54) is 68.2 Å². The lowest BCUT2D eigenvalue weighted by Crippen LogP contribution is -2.12. The summed E-state index contributed by atoms with van der Waals surface area (Å²) < 4.78 is 0. The molecule has 2 atom stereocenters. The third kappa shape index (κ3) is 3.78. The molecule has 4 aliphatic carbocycles. The minimum atomic E-state index is 0.495. The van der Waals surface area contributed by atoms with E-state index < -0.39 is 0 Å². The summed E-state index contributed by atoms with van der Waals surface area (Å²) in [6, 6.07) is 8.97. The number of allylic oxidation sites excluding steroid dienone is 15. The van der Waals surface area contributed by atoms with Crippen LogP contribution in [0.4, 0.5) is 0 Å². The van der Waals surface area contributed by atoms with Crippen molar-refractivity contribution in [3.05, 3.63) is 131 Å². The summed E-state index contributed by atoms with van der Waals surface area (Å²) in [7, 11) is 0. The molecule has 4 aliphatic rings. The minimum Gasteiger partial charge on any atom is -0.0984 e. The highest BCUT2D eigenvalue weighted by molar-refractivity contribution is 6.08. The van der Waals surface area contributed by atoms with Crippen molar-refractivity contribution in [2.45, 2.75) is 32.6 Å². The van der Waals surface area contributed by atoms with Crippen LogP contribution in [0, 0.1) is 11.8 Å². The zero-order chi connectivity index (χ0) is 23.8. The van der Waals surface area contributed by atoms with E-state index >= 15 is 0 Å². The molecule has 0 N–H and O–H groups in total. The first-order valence-corrected chi connectivity index (χ1v) is 13.0. The van der Waals surface area contributed by atoms with Gasteiger partial charge in [-0.3, -0.25) is 0 Å². The molecular weight excluding hydrogens is 420 g/mol. The Morgan fingerprint density at radius 3 is 2.60 bits per heavy atom. The van der Waals surface area contributed by atoms with Gasteiger partial charge in [0.1, 0.15) is 0 Å². The second-order valence-electron chi connectivity index (χ2n) is 9.96. The lowest BCUT2D eigenvalue weighted by molar-refractivity contribution is 0.573. The van der Waals surface area contributed by atoms with E-state index in [1.54, 1.807) is 0 Å². The topological polar surface area (TPSA) is 0 Å². The van der Waals surface area contributed by atoms with E-state index in [0.29, 0.717) is 11.8 Å². The van der Waals surface area contributed by atoms with Crippen LogP contribution in [-0.4, -0.2) is 0 Å². The predicted molar refractivity (Wildman–Crippen MR) is 154 cm³/mol. The molecule has 2 aromatic rings. The molecule has 6 rings (SSSR count). The molecule has 0 saturated heterocycles. The number of benzene rings is 2. The van der Waals surface area contributed by atoms with Crippen LogP contribution in [-0.2, 0) is 0 Å². The van der Waals surface area contributed by atoms with Gasteiger partial charge in [-0.15, -0.1) is 0 Å². The Balaban J connectivity index is 1.63. The van der Waals surface area contributed by atoms with E-state index in [1.807, 2.05) is 0 Å². The average Bonchev–Trinajstić information content (AvgIpc) is 2.92. The normalized spacial score (nSPS) is 22.9. The Kier molecular flexibility index (Phi) is 5.74. The SMILES string of the molecule is C=Cc1c(C=CC)c(C2=CC=C3C=CCCC3C2)c2ccccc2c1C1=CC2=CC=CCC2C=C1. The molecule has 0 spiro atoms. The van der Waals surface area contributed by atoms with Gasteiger partial charge in [-0.2, -0.15) is 0 Å². The van der Waals surface area contributed by atoms with Gasteiger partial charge in [0.15, 0.2) is 0 Å². The van der Waals surface area contributed by atoms with Crippen molar-refractivity contribution in [3.8, 4) is 0 Å². The molecule has 0 amide bonds. The summed E-state index contributed by atoms with van der Waals surface area (Å²) in [5.74, 6) is 1.12. The van der Waals surface area contributed by atoms with Gasteiger partial charge >= 0.3 is 0 Å². The van der Waals surface area contributed by atoms with Crippen LogP contribution >= 0.6 is 0 Å². The summed E-state index contributed by atoms with van der Waals surface area (Å²) in [5.41, 5.74) is 10.8. The summed E-state index contributed by atoms with van der Waals surface area (Å²) in [4.78, 5) is 0. The third-order valence-corrected chi connectivity index (χ3v) is 7.92. The largest absolute Gasteiger partial charge is 0.0984 e. The fourth-order valence-electron chi connectivity index (χ4n) is 6.25. The first kappa shape index (κ1) is 21.9. The smallest absolute Gasteiger partial charge is 0.00561 e. The zero-order valence-corrected chi connectivity index (χ0v) is 20.5. The molecule has 172 valence electrons. The summed E-state index contributed by atoms with van der Waals surface area (Å²) in [5, 5.41) is 2.65. The molecule has 0 nitrogen and oxygen atoms in total. The molecule has 0 fully saturated rings. The quantitative estimate of drug-likeness (QED) is 0.433. The molecular formula is C35H32. The van der Waals surface area contributed by atoms with Crippen molar-refractivity contribution in [3.63, 3.8) is 0 Å². The summed E-state index contributed by atoms with van der Waals surface area (Å²) in [6.45, 7) is 6.44. The first-order valence-electron chi connectivity index (χ1n) is 13.0.